The molecule has 0 saturated heterocycles. The molecule has 0 spiro atoms. The molecular formula is C15H25NO2S. The maximum absolute atomic E-state index is 12.2. The van der Waals surface area contributed by atoms with Gasteiger partial charge >= 0.3 is 0 Å². The van der Waals surface area contributed by atoms with Gasteiger partial charge in [-0.3, -0.25) is 0 Å². The van der Waals surface area contributed by atoms with E-state index in [1.807, 2.05) is 52.0 Å². The second-order valence-electron chi connectivity index (χ2n) is 5.46. The van der Waals surface area contributed by atoms with Crippen molar-refractivity contribution in [1.29, 1.82) is 0 Å². The van der Waals surface area contributed by atoms with E-state index in [9.17, 15) is 4.21 Å². The number of ether oxygens (including phenoxy) is 1. The van der Waals surface area contributed by atoms with Crippen LogP contribution in [0.2, 0.25) is 0 Å². The van der Waals surface area contributed by atoms with Crippen molar-refractivity contribution in [1.82, 2.24) is 4.72 Å². The van der Waals surface area contributed by atoms with Gasteiger partial charge < -0.3 is 4.74 Å². The van der Waals surface area contributed by atoms with Gasteiger partial charge in [0.25, 0.3) is 0 Å². The van der Waals surface area contributed by atoms with E-state index < -0.39 is 11.0 Å². The van der Waals surface area contributed by atoms with Crippen molar-refractivity contribution >= 4 is 11.0 Å². The van der Waals surface area contributed by atoms with Crippen LogP contribution >= 0.6 is 0 Å². The zero-order valence-corrected chi connectivity index (χ0v) is 13.3. The molecule has 1 aromatic carbocycles. The molecule has 0 fully saturated rings. The molecule has 1 rings (SSSR count). The van der Waals surface area contributed by atoms with Crippen LogP contribution in [-0.2, 0) is 11.0 Å². The van der Waals surface area contributed by atoms with Crippen LogP contribution in [0.4, 0.5) is 0 Å². The molecule has 19 heavy (non-hydrogen) atoms. The summed E-state index contributed by atoms with van der Waals surface area (Å²) >= 11 is 0. The summed E-state index contributed by atoms with van der Waals surface area (Å²) in [6, 6.07) is 8.10. The van der Waals surface area contributed by atoms with Crippen molar-refractivity contribution in [2.24, 2.45) is 0 Å². The first-order chi connectivity index (χ1) is 8.88. The highest BCUT2D eigenvalue weighted by Gasteiger charge is 2.22. The Morgan fingerprint density at radius 1 is 1.21 bits per heavy atom. The largest absolute Gasteiger partial charge is 0.494 e. The second-order valence-corrected chi connectivity index (χ2v) is 7.46. The Balaban J connectivity index is 2.77. The second kappa shape index (κ2) is 7.06. The van der Waals surface area contributed by atoms with E-state index in [-0.39, 0.29) is 10.8 Å². The number of benzene rings is 1. The van der Waals surface area contributed by atoms with Gasteiger partial charge in [0.1, 0.15) is 5.75 Å². The van der Waals surface area contributed by atoms with E-state index in [1.165, 1.54) is 0 Å². The van der Waals surface area contributed by atoms with E-state index in [2.05, 4.69) is 11.6 Å². The zero-order chi connectivity index (χ0) is 14.5. The standard InChI is InChI=1S/C15H25NO2S/c1-6-14(16-19(17)15(3,4)5)12-8-10-13(11-9-12)18-7-2/h8-11,14,16H,6-7H2,1-5H3. The van der Waals surface area contributed by atoms with E-state index in [0.717, 1.165) is 17.7 Å². The summed E-state index contributed by atoms with van der Waals surface area (Å²) in [6.07, 6.45) is 0.899. The van der Waals surface area contributed by atoms with Crippen LogP contribution in [0.15, 0.2) is 24.3 Å². The van der Waals surface area contributed by atoms with Gasteiger partial charge in [-0.1, -0.05) is 19.1 Å². The van der Waals surface area contributed by atoms with Crippen LogP contribution in [0.5, 0.6) is 5.75 Å². The molecular weight excluding hydrogens is 258 g/mol. The molecule has 0 aliphatic carbocycles. The lowest BCUT2D eigenvalue weighted by atomic mass is 10.1. The van der Waals surface area contributed by atoms with Gasteiger partial charge in [-0.25, -0.2) is 8.93 Å². The molecule has 4 heteroatoms. The Morgan fingerprint density at radius 2 is 1.79 bits per heavy atom. The Morgan fingerprint density at radius 3 is 2.21 bits per heavy atom. The van der Waals surface area contributed by atoms with Crippen LogP contribution in [-0.4, -0.2) is 15.6 Å². The normalized spacial score (nSPS) is 15.0. The van der Waals surface area contributed by atoms with Crippen LogP contribution in [0.3, 0.4) is 0 Å². The quantitative estimate of drug-likeness (QED) is 0.866. The van der Waals surface area contributed by atoms with E-state index in [4.69, 9.17) is 4.74 Å². The Hall–Kier alpha value is -0.870. The van der Waals surface area contributed by atoms with Crippen molar-refractivity contribution in [2.45, 2.75) is 51.8 Å². The van der Waals surface area contributed by atoms with Gasteiger partial charge in [0.05, 0.1) is 22.3 Å². The maximum Gasteiger partial charge on any atom is 0.119 e. The van der Waals surface area contributed by atoms with Gasteiger partial charge in [0.15, 0.2) is 0 Å². The number of nitrogens with one attached hydrogen (secondary N) is 1. The fraction of sp³-hybridized carbons (Fsp3) is 0.600. The molecule has 1 N–H and O–H groups in total. The summed E-state index contributed by atoms with van der Waals surface area (Å²) in [5.41, 5.74) is 1.14. The minimum absolute atomic E-state index is 0.107. The molecule has 3 nitrogen and oxygen atoms in total. The fourth-order valence-corrected chi connectivity index (χ4v) is 2.57. The molecule has 0 bridgehead atoms. The highest BCUT2D eigenvalue weighted by Crippen LogP contribution is 2.22. The molecule has 108 valence electrons. The molecule has 0 saturated carbocycles. The Bertz CT molecular complexity index is 409. The summed E-state index contributed by atoms with van der Waals surface area (Å²) in [6.45, 7) is 10.6. The molecule has 0 radical (unpaired) electrons. The van der Waals surface area contributed by atoms with E-state index in [1.54, 1.807) is 0 Å². The van der Waals surface area contributed by atoms with E-state index >= 15 is 0 Å². The minimum atomic E-state index is -1.06. The molecule has 0 aliphatic heterocycles. The smallest absolute Gasteiger partial charge is 0.119 e. The summed E-state index contributed by atoms with van der Waals surface area (Å²) in [7, 11) is -1.06. The zero-order valence-electron chi connectivity index (χ0n) is 12.5. The molecule has 0 aliphatic rings. The third-order valence-corrected chi connectivity index (χ3v) is 4.42. The first-order valence-corrected chi connectivity index (χ1v) is 7.94. The van der Waals surface area contributed by atoms with Crippen molar-refractivity contribution < 1.29 is 8.95 Å². The van der Waals surface area contributed by atoms with E-state index in [0.29, 0.717) is 6.61 Å². The van der Waals surface area contributed by atoms with Crippen molar-refractivity contribution in [3.63, 3.8) is 0 Å². The van der Waals surface area contributed by atoms with Crippen molar-refractivity contribution in [3.05, 3.63) is 29.8 Å². The first kappa shape index (κ1) is 16.2. The summed E-state index contributed by atoms with van der Waals surface area (Å²) in [5, 5.41) is 0. The molecule has 0 amide bonds. The van der Waals surface area contributed by atoms with Crippen molar-refractivity contribution in [2.75, 3.05) is 6.61 Å². The highest BCUT2D eigenvalue weighted by molar-refractivity contribution is 7.84. The van der Waals surface area contributed by atoms with Gasteiger partial charge in [0, 0.05) is 6.04 Å². The summed E-state index contributed by atoms with van der Waals surface area (Å²) in [4.78, 5) is 0. The summed E-state index contributed by atoms with van der Waals surface area (Å²) in [5.74, 6) is 0.873. The number of rotatable bonds is 6. The first-order valence-electron chi connectivity index (χ1n) is 6.79. The summed E-state index contributed by atoms with van der Waals surface area (Å²) < 4.78 is 20.5. The maximum atomic E-state index is 12.2. The van der Waals surface area contributed by atoms with Gasteiger partial charge in [-0.05, 0) is 51.8 Å². The molecule has 2 atom stereocenters. The number of hydrogen-bond acceptors (Lipinski definition) is 2. The lowest BCUT2D eigenvalue weighted by molar-refractivity contribution is 0.340. The predicted octanol–water partition coefficient (Wildman–Crippen LogP) is 3.59. The molecule has 0 heterocycles. The van der Waals surface area contributed by atoms with Crippen LogP contribution < -0.4 is 9.46 Å². The predicted molar refractivity (Wildman–Crippen MR) is 81.7 cm³/mol. The Labute approximate surface area is 119 Å². The molecule has 2 unspecified atom stereocenters. The highest BCUT2D eigenvalue weighted by atomic mass is 32.2. The third kappa shape index (κ3) is 4.96. The van der Waals surface area contributed by atoms with Crippen molar-refractivity contribution in [3.8, 4) is 5.75 Å². The lowest BCUT2D eigenvalue weighted by Gasteiger charge is -2.24. The van der Waals surface area contributed by atoms with Gasteiger partial charge in [-0.15, -0.1) is 0 Å². The SMILES string of the molecule is CCOc1ccc(C(CC)NS(=O)C(C)(C)C)cc1. The topological polar surface area (TPSA) is 38.3 Å². The molecule has 0 aromatic heterocycles. The monoisotopic (exact) mass is 283 g/mol. The lowest BCUT2D eigenvalue weighted by Crippen LogP contribution is -2.35. The third-order valence-electron chi connectivity index (χ3n) is 2.81. The number of hydrogen-bond donors (Lipinski definition) is 1. The Kier molecular flexibility index (Phi) is 6.01. The average molecular weight is 283 g/mol. The van der Waals surface area contributed by atoms with Gasteiger partial charge in [-0.2, -0.15) is 0 Å². The average Bonchev–Trinajstić information content (AvgIpc) is 2.36. The van der Waals surface area contributed by atoms with Crippen LogP contribution in [0.25, 0.3) is 0 Å². The molecule has 1 aromatic rings. The fourth-order valence-electron chi connectivity index (χ4n) is 1.66. The minimum Gasteiger partial charge on any atom is -0.494 e. The van der Waals surface area contributed by atoms with Crippen LogP contribution in [0.1, 0.15) is 52.6 Å². The van der Waals surface area contributed by atoms with Crippen LogP contribution in [0, 0.1) is 0 Å². The van der Waals surface area contributed by atoms with Gasteiger partial charge in [0.2, 0.25) is 0 Å².